The van der Waals surface area contributed by atoms with E-state index in [-0.39, 0.29) is 11.3 Å². The van der Waals surface area contributed by atoms with E-state index in [9.17, 15) is 13.2 Å². The van der Waals surface area contributed by atoms with Gasteiger partial charge in [-0.15, -0.1) is 0 Å². The Hall–Kier alpha value is -2.48. The Morgan fingerprint density at radius 1 is 0.912 bits per heavy atom. The monoisotopic (exact) mass is 469 g/mol. The summed E-state index contributed by atoms with van der Waals surface area (Å²) < 4.78 is 47.7. The number of benzene rings is 2. The third-order valence-corrected chi connectivity index (χ3v) is 8.05. The van der Waals surface area contributed by atoms with Crippen LogP contribution in [-0.4, -0.2) is 0 Å². The lowest BCUT2D eigenvalue weighted by Crippen LogP contribution is -2.25. The fourth-order valence-electron chi connectivity index (χ4n) is 6.08. The van der Waals surface area contributed by atoms with Gasteiger partial charge in [-0.2, -0.15) is 14.0 Å². The Morgan fingerprint density at radius 3 is 2.09 bits per heavy atom. The molecule has 0 heterocycles. The molecule has 0 bridgehead atoms. The normalized spacial score (nSPS) is 25.5. The largest absolute Gasteiger partial charge is 0.429 e. The first-order valence-electron chi connectivity index (χ1n) is 12.8. The molecular weight excluding hydrogens is 435 g/mol. The van der Waals surface area contributed by atoms with Crippen molar-refractivity contribution in [2.45, 2.75) is 83.2 Å². The third kappa shape index (κ3) is 5.77. The Labute approximate surface area is 201 Å². The summed E-state index contributed by atoms with van der Waals surface area (Å²) >= 11 is 0. The highest BCUT2D eigenvalue weighted by molar-refractivity contribution is 5.35. The molecule has 2 aliphatic rings. The van der Waals surface area contributed by atoms with Gasteiger partial charge in [-0.25, -0.2) is 4.39 Å². The van der Waals surface area contributed by atoms with Crippen molar-refractivity contribution in [1.29, 1.82) is 5.26 Å². The molecule has 0 spiro atoms. The molecule has 2 aromatic rings. The summed E-state index contributed by atoms with van der Waals surface area (Å²) in [5.74, 6) is 2.20. The molecule has 2 saturated carbocycles. The zero-order chi connectivity index (χ0) is 24.1. The van der Waals surface area contributed by atoms with Crippen molar-refractivity contribution in [3.63, 3.8) is 0 Å². The smallest absolute Gasteiger partial charge is 0.426 e. The number of nitrogens with zero attached hydrogens (tertiary/aromatic N) is 1. The van der Waals surface area contributed by atoms with Gasteiger partial charge in [0, 0.05) is 0 Å². The van der Waals surface area contributed by atoms with Crippen LogP contribution in [-0.2, 0) is 6.11 Å². The van der Waals surface area contributed by atoms with Gasteiger partial charge in [0.2, 0.25) is 0 Å². The predicted molar refractivity (Wildman–Crippen MR) is 127 cm³/mol. The predicted octanol–water partition coefficient (Wildman–Crippen LogP) is 8.71. The molecule has 0 aliphatic heterocycles. The molecule has 5 heteroatoms. The number of hydrogen-bond donors (Lipinski definition) is 0. The lowest BCUT2D eigenvalue weighted by Gasteiger charge is -2.38. The number of nitriles is 1. The van der Waals surface area contributed by atoms with E-state index in [4.69, 9.17) is 10.00 Å². The second-order valence-corrected chi connectivity index (χ2v) is 10.2. The first-order chi connectivity index (χ1) is 16.4. The van der Waals surface area contributed by atoms with E-state index in [1.807, 2.05) is 12.1 Å². The molecular formula is C29H34F3NO. The molecule has 0 unspecified atom stereocenters. The van der Waals surface area contributed by atoms with Gasteiger partial charge >= 0.3 is 6.11 Å². The molecule has 0 amide bonds. The lowest BCUT2D eigenvalue weighted by atomic mass is 9.68. The molecule has 4 rings (SSSR count). The summed E-state index contributed by atoms with van der Waals surface area (Å²) in [6.45, 7) is 2.29. The second kappa shape index (κ2) is 10.8. The van der Waals surface area contributed by atoms with Crippen molar-refractivity contribution in [2.75, 3.05) is 0 Å². The van der Waals surface area contributed by atoms with Crippen molar-refractivity contribution in [3.8, 4) is 11.8 Å². The van der Waals surface area contributed by atoms with Crippen molar-refractivity contribution in [2.24, 2.45) is 17.8 Å². The molecule has 2 aliphatic carbocycles. The van der Waals surface area contributed by atoms with E-state index in [0.717, 1.165) is 42.7 Å². The molecule has 2 fully saturated rings. The summed E-state index contributed by atoms with van der Waals surface area (Å²) in [7, 11) is 0. The van der Waals surface area contributed by atoms with E-state index in [2.05, 4.69) is 6.92 Å². The van der Waals surface area contributed by atoms with Crippen molar-refractivity contribution < 1.29 is 17.9 Å². The van der Waals surface area contributed by atoms with Crippen LogP contribution < -0.4 is 4.74 Å². The van der Waals surface area contributed by atoms with Crippen molar-refractivity contribution in [3.05, 3.63) is 65.0 Å². The Bertz CT molecular complexity index is 981. The number of hydrogen-bond acceptors (Lipinski definition) is 2. The van der Waals surface area contributed by atoms with Gasteiger partial charge in [0.15, 0.2) is 0 Å². The minimum Gasteiger partial charge on any atom is -0.429 e. The highest BCUT2D eigenvalue weighted by Gasteiger charge is 2.36. The van der Waals surface area contributed by atoms with Crippen molar-refractivity contribution >= 4 is 0 Å². The van der Waals surface area contributed by atoms with Crippen LogP contribution in [0.5, 0.6) is 5.75 Å². The first-order valence-corrected chi connectivity index (χ1v) is 12.8. The van der Waals surface area contributed by atoms with Gasteiger partial charge in [0.25, 0.3) is 0 Å². The van der Waals surface area contributed by atoms with Gasteiger partial charge in [-0.05, 0) is 98.1 Å². The van der Waals surface area contributed by atoms with Crippen LogP contribution in [0.15, 0.2) is 42.5 Å². The summed E-state index contributed by atoms with van der Waals surface area (Å²) in [5.41, 5.74) is 0.281. The number of rotatable bonds is 7. The number of alkyl halides is 2. The number of ether oxygens (including phenoxy) is 1. The van der Waals surface area contributed by atoms with E-state index in [0.29, 0.717) is 12.0 Å². The molecule has 2 aromatic carbocycles. The molecule has 2 nitrogen and oxygen atoms in total. The minimum atomic E-state index is -3.69. The van der Waals surface area contributed by atoms with Crippen LogP contribution in [0.3, 0.4) is 0 Å². The van der Waals surface area contributed by atoms with E-state index >= 15 is 0 Å². The summed E-state index contributed by atoms with van der Waals surface area (Å²) in [5, 5.41) is 8.78. The molecule has 0 atom stereocenters. The fourth-order valence-corrected chi connectivity index (χ4v) is 6.08. The highest BCUT2D eigenvalue weighted by atomic mass is 19.3. The van der Waals surface area contributed by atoms with Gasteiger partial charge in [-0.3, -0.25) is 0 Å². The van der Waals surface area contributed by atoms with Crippen LogP contribution in [0.2, 0.25) is 0 Å². The summed E-state index contributed by atoms with van der Waals surface area (Å²) in [6, 6.07) is 11.2. The Balaban J connectivity index is 1.30. The maximum absolute atomic E-state index is 14.5. The average molecular weight is 470 g/mol. The molecule has 0 aromatic heterocycles. The molecule has 0 saturated heterocycles. The Kier molecular flexibility index (Phi) is 7.86. The molecule has 182 valence electrons. The minimum absolute atomic E-state index is 0.0380. The molecule has 34 heavy (non-hydrogen) atoms. The topological polar surface area (TPSA) is 33.0 Å². The van der Waals surface area contributed by atoms with Crippen molar-refractivity contribution in [1.82, 2.24) is 0 Å². The zero-order valence-electron chi connectivity index (χ0n) is 19.9. The third-order valence-electron chi connectivity index (χ3n) is 8.05. The van der Waals surface area contributed by atoms with Gasteiger partial charge < -0.3 is 4.74 Å². The van der Waals surface area contributed by atoms with E-state index in [1.54, 1.807) is 18.2 Å². The van der Waals surface area contributed by atoms with Crippen LogP contribution >= 0.6 is 0 Å². The Morgan fingerprint density at radius 2 is 1.53 bits per heavy atom. The number of halogens is 3. The first kappa shape index (κ1) is 24.6. The maximum Gasteiger partial charge on any atom is 0.426 e. The van der Waals surface area contributed by atoms with Crippen LogP contribution in [0.25, 0.3) is 0 Å². The summed E-state index contributed by atoms with van der Waals surface area (Å²) in [4.78, 5) is 0. The van der Waals surface area contributed by atoms with Gasteiger partial charge in [0.05, 0.1) is 11.1 Å². The van der Waals surface area contributed by atoms with Gasteiger partial charge in [-0.1, -0.05) is 44.7 Å². The molecule has 0 N–H and O–H groups in total. The standard InChI is InChI=1S/C29H34F3NO/c1-2-3-20-4-6-21(7-5-20)22-8-10-23(11-9-22)24-13-16-27(17-14-24)34-29(31,32)26-15-12-25(19-33)28(30)18-26/h12-18,20-23H,2-11H2,1H3. The van der Waals surface area contributed by atoms with Crippen LogP contribution in [0.4, 0.5) is 13.2 Å². The van der Waals surface area contributed by atoms with E-state index in [1.165, 1.54) is 56.9 Å². The average Bonchev–Trinajstić information content (AvgIpc) is 2.85. The quantitative estimate of drug-likeness (QED) is 0.406. The molecule has 0 radical (unpaired) electrons. The van der Waals surface area contributed by atoms with Crippen LogP contribution in [0.1, 0.15) is 93.7 Å². The van der Waals surface area contributed by atoms with Gasteiger partial charge in [0.1, 0.15) is 17.6 Å². The zero-order valence-corrected chi connectivity index (χ0v) is 19.9. The fraction of sp³-hybridized carbons (Fsp3) is 0.552. The SMILES string of the molecule is CCCC1CCC(C2CCC(c3ccc(OC(F)(F)c4ccc(C#N)c(F)c4)cc3)CC2)CC1. The van der Waals surface area contributed by atoms with Crippen LogP contribution in [0, 0.1) is 34.9 Å². The second-order valence-electron chi connectivity index (χ2n) is 10.2. The van der Waals surface area contributed by atoms with E-state index < -0.39 is 17.5 Å². The lowest BCUT2D eigenvalue weighted by molar-refractivity contribution is -0.185. The summed E-state index contributed by atoms with van der Waals surface area (Å²) in [6.07, 6.45) is 9.41. The highest BCUT2D eigenvalue weighted by Crippen LogP contribution is 2.44. The maximum atomic E-state index is 14.5.